The first-order valence-electron chi connectivity index (χ1n) is 10.8. The smallest absolute Gasteiger partial charge is 0.227 e. The summed E-state index contributed by atoms with van der Waals surface area (Å²) >= 11 is 0. The van der Waals surface area contributed by atoms with Crippen LogP contribution in [-0.4, -0.2) is 47.4 Å². The molecule has 1 atom stereocenters. The fraction of sp³-hybridized carbons (Fsp3) is 0.458. The molecule has 2 aliphatic heterocycles. The van der Waals surface area contributed by atoms with Crippen LogP contribution in [0.5, 0.6) is 0 Å². The lowest BCUT2D eigenvalue weighted by molar-refractivity contribution is -0.127. The second kappa shape index (κ2) is 8.96. The third kappa shape index (κ3) is 4.70. The highest BCUT2D eigenvalue weighted by Crippen LogP contribution is 2.29. The Bertz CT molecular complexity index is 907. The van der Waals surface area contributed by atoms with E-state index in [4.69, 9.17) is 0 Å². The van der Waals surface area contributed by atoms with Crippen LogP contribution >= 0.6 is 0 Å². The number of benzene rings is 1. The Balaban J connectivity index is 1.28. The van der Waals surface area contributed by atoms with Gasteiger partial charge in [0.1, 0.15) is 0 Å². The number of carbonyl (C=O) groups excluding carboxylic acids is 2. The summed E-state index contributed by atoms with van der Waals surface area (Å²) in [6.07, 6.45) is 3.98. The lowest BCUT2D eigenvalue weighted by Gasteiger charge is -2.32. The number of nitrogens with one attached hydrogen (secondary N) is 1. The Hall–Kier alpha value is -2.73. The zero-order chi connectivity index (χ0) is 21.1. The number of anilines is 1. The molecule has 1 aromatic carbocycles. The first-order valence-corrected chi connectivity index (χ1v) is 10.8. The van der Waals surface area contributed by atoms with E-state index in [-0.39, 0.29) is 30.2 Å². The van der Waals surface area contributed by atoms with Crippen molar-refractivity contribution >= 4 is 17.5 Å². The van der Waals surface area contributed by atoms with Gasteiger partial charge in [-0.15, -0.1) is 0 Å². The third-order valence-corrected chi connectivity index (χ3v) is 6.18. The Morgan fingerprint density at radius 1 is 1.17 bits per heavy atom. The molecule has 2 amide bonds. The average Bonchev–Trinajstić information content (AvgIpc) is 3.12. The molecule has 2 aliphatic rings. The molecular formula is C24H30N4O2. The van der Waals surface area contributed by atoms with Gasteiger partial charge < -0.3 is 10.2 Å². The molecule has 2 saturated heterocycles. The minimum absolute atomic E-state index is 0.0128. The molecule has 2 fully saturated rings. The van der Waals surface area contributed by atoms with Crippen molar-refractivity contribution in [1.82, 2.24) is 15.2 Å². The molecular weight excluding hydrogens is 376 g/mol. The van der Waals surface area contributed by atoms with Gasteiger partial charge in [0.25, 0.3) is 0 Å². The summed E-state index contributed by atoms with van der Waals surface area (Å²) in [7, 11) is 0. The summed E-state index contributed by atoms with van der Waals surface area (Å²) in [6, 6.07) is 12.3. The summed E-state index contributed by atoms with van der Waals surface area (Å²) in [5, 5.41) is 3.20. The van der Waals surface area contributed by atoms with Gasteiger partial charge in [0.15, 0.2) is 0 Å². The molecule has 158 valence electrons. The molecule has 6 nitrogen and oxygen atoms in total. The Morgan fingerprint density at radius 2 is 1.97 bits per heavy atom. The van der Waals surface area contributed by atoms with E-state index in [1.807, 2.05) is 50.4 Å². The van der Waals surface area contributed by atoms with E-state index in [0.29, 0.717) is 6.54 Å². The summed E-state index contributed by atoms with van der Waals surface area (Å²) < 4.78 is 0. The van der Waals surface area contributed by atoms with E-state index in [9.17, 15) is 9.59 Å². The van der Waals surface area contributed by atoms with Gasteiger partial charge >= 0.3 is 0 Å². The third-order valence-electron chi connectivity index (χ3n) is 6.18. The molecule has 0 spiro atoms. The zero-order valence-corrected chi connectivity index (χ0v) is 17.8. The van der Waals surface area contributed by atoms with Crippen LogP contribution in [0.25, 0.3) is 0 Å². The number of aryl methyl sites for hydroxylation is 2. The predicted molar refractivity (Wildman–Crippen MR) is 117 cm³/mol. The fourth-order valence-corrected chi connectivity index (χ4v) is 4.50. The quantitative estimate of drug-likeness (QED) is 0.829. The van der Waals surface area contributed by atoms with Gasteiger partial charge in [-0.25, -0.2) is 0 Å². The molecule has 0 saturated carbocycles. The number of hydrogen-bond donors (Lipinski definition) is 1. The highest BCUT2D eigenvalue weighted by molar-refractivity contribution is 6.00. The maximum Gasteiger partial charge on any atom is 0.227 e. The van der Waals surface area contributed by atoms with E-state index in [0.717, 1.165) is 49.4 Å². The predicted octanol–water partition coefficient (Wildman–Crippen LogP) is 2.83. The van der Waals surface area contributed by atoms with Crippen molar-refractivity contribution in [2.75, 3.05) is 24.5 Å². The largest absolute Gasteiger partial charge is 0.353 e. The lowest BCUT2D eigenvalue weighted by Crippen LogP contribution is -2.46. The number of aromatic nitrogens is 1. The van der Waals surface area contributed by atoms with Gasteiger partial charge in [-0.2, -0.15) is 0 Å². The van der Waals surface area contributed by atoms with Crippen molar-refractivity contribution in [2.45, 2.75) is 45.7 Å². The van der Waals surface area contributed by atoms with Crippen molar-refractivity contribution in [3.8, 4) is 0 Å². The number of carbonyl (C=O) groups is 2. The van der Waals surface area contributed by atoms with Crippen molar-refractivity contribution in [3.05, 3.63) is 59.4 Å². The molecule has 0 aliphatic carbocycles. The maximum atomic E-state index is 12.8. The number of rotatable bonds is 5. The van der Waals surface area contributed by atoms with Crippen LogP contribution in [0, 0.1) is 19.8 Å². The van der Waals surface area contributed by atoms with Crippen molar-refractivity contribution < 1.29 is 9.59 Å². The number of amides is 2. The second-order valence-corrected chi connectivity index (χ2v) is 8.58. The monoisotopic (exact) mass is 406 g/mol. The Kier molecular flexibility index (Phi) is 6.13. The number of likely N-dealkylation sites (tertiary alicyclic amines) is 1. The Morgan fingerprint density at radius 3 is 2.67 bits per heavy atom. The Labute approximate surface area is 178 Å². The van der Waals surface area contributed by atoms with Gasteiger partial charge in [-0.1, -0.05) is 23.8 Å². The lowest BCUT2D eigenvalue weighted by atomic mass is 10.0. The molecule has 30 heavy (non-hydrogen) atoms. The van der Waals surface area contributed by atoms with Crippen LogP contribution in [0.1, 0.15) is 36.1 Å². The highest BCUT2D eigenvalue weighted by atomic mass is 16.2. The molecule has 2 aromatic rings. The average molecular weight is 407 g/mol. The van der Waals surface area contributed by atoms with Crippen molar-refractivity contribution in [1.29, 1.82) is 0 Å². The van der Waals surface area contributed by atoms with Gasteiger partial charge in [0, 0.05) is 50.5 Å². The number of piperidine rings is 1. The fourth-order valence-electron chi connectivity index (χ4n) is 4.50. The van der Waals surface area contributed by atoms with Crippen LogP contribution < -0.4 is 10.2 Å². The summed E-state index contributed by atoms with van der Waals surface area (Å²) in [5.41, 5.74) is 4.25. The van der Waals surface area contributed by atoms with E-state index in [1.165, 1.54) is 5.56 Å². The minimum Gasteiger partial charge on any atom is -0.353 e. The van der Waals surface area contributed by atoms with E-state index in [2.05, 4.69) is 21.3 Å². The minimum atomic E-state index is -0.273. The molecule has 1 N–H and O–H groups in total. The van der Waals surface area contributed by atoms with E-state index in [1.54, 1.807) is 4.90 Å². The van der Waals surface area contributed by atoms with Crippen LogP contribution in [0.15, 0.2) is 42.6 Å². The summed E-state index contributed by atoms with van der Waals surface area (Å²) in [5.74, 6) is -0.226. The van der Waals surface area contributed by atoms with Gasteiger partial charge in [0.2, 0.25) is 11.8 Å². The second-order valence-electron chi connectivity index (χ2n) is 8.58. The van der Waals surface area contributed by atoms with E-state index < -0.39 is 0 Å². The zero-order valence-electron chi connectivity index (χ0n) is 17.8. The SMILES string of the molecule is Cc1ccc(N2C[C@@H](C(=O)NC3CCN(Cc4ccccn4)CC3)CC2=O)c(C)c1. The summed E-state index contributed by atoms with van der Waals surface area (Å²) in [6.45, 7) is 7.26. The molecule has 0 bridgehead atoms. The topological polar surface area (TPSA) is 65.5 Å². The number of hydrogen-bond acceptors (Lipinski definition) is 4. The van der Waals surface area contributed by atoms with Crippen molar-refractivity contribution in [2.24, 2.45) is 5.92 Å². The molecule has 1 aromatic heterocycles. The number of nitrogens with zero attached hydrogens (tertiary/aromatic N) is 3. The first-order chi connectivity index (χ1) is 14.5. The van der Waals surface area contributed by atoms with E-state index >= 15 is 0 Å². The van der Waals surface area contributed by atoms with Crippen LogP contribution in [0.4, 0.5) is 5.69 Å². The standard InChI is InChI=1S/C24H30N4O2/c1-17-6-7-22(18(2)13-17)28-15-19(14-23(28)29)24(30)26-20-8-11-27(12-9-20)16-21-5-3-4-10-25-21/h3-7,10,13,19-20H,8-9,11-12,14-16H2,1-2H3,(H,26,30)/t19-/m0/s1. The van der Waals surface area contributed by atoms with Gasteiger partial charge in [-0.05, 0) is 50.5 Å². The van der Waals surface area contributed by atoms with Crippen LogP contribution in [0.2, 0.25) is 0 Å². The van der Waals surface area contributed by atoms with Crippen LogP contribution in [-0.2, 0) is 16.1 Å². The molecule has 0 radical (unpaired) electrons. The maximum absolute atomic E-state index is 12.8. The normalized spacial score (nSPS) is 20.5. The first kappa shape index (κ1) is 20.5. The van der Waals surface area contributed by atoms with Gasteiger partial charge in [0.05, 0.1) is 11.6 Å². The molecule has 4 rings (SSSR count). The van der Waals surface area contributed by atoms with Gasteiger partial charge in [-0.3, -0.25) is 19.5 Å². The number of pyridine rings is 1. The van der Waals surface area contributed by atoms with Crippen molar-refractivity contribution in [3.63, 3.8) is 0 Å². The highest BCUT2D eigenvalue weighted by Gasteiger charge is 2.36. The van der Waals surface area contributed by atoms with Crippen LogP contribution in [0.3, 0.4) is 0 Å². The molecule has 3 heterocycles. The molecule has 6 heteroatoms. The summed E-state index contributed by atoms with van der Waals surface area (Å²) in [4.78, 5) is 34.0. The molecule has 0 unspecified atom stereocenters.